The first kappa shape index (κ1) is 5.62. The molecule has 0 fully saturated rings. The molecule has 44 valence electrons. The number of hydrogen-bond donors (Lipinski definition) is 2. The molecule has 0 aliphatic carbocycles. The highest BCUT2D eigenvalue weighted by molar-refractivity contribution is 7.80. The van der Waals surface area contributed by atoms with Crippen molar-refractivity contribution >= 4 is 12.6 Å². The number of rotatable bonds is 0. The summed E-state index contributed by atoms with van der Waals surface area (Å²) in [5, 5.41) is 0. The van der Waals surface area contributed by atoms with Gasteiger partial charge in [0.05, 0.1) is 4.90 Å². The molecule has 0 aliphatic heterocycles. The number of aromatic nitrogens is 1. The van der Waals surface area contributed by atoms with Gasteiger partial charge in [-0.05, 0) is 0 Å². The van der Waals surface area contributed by atoms with Crippen molar-refractivity contribution in [3.8, 4) is 0 Å². The Morgan fingerprint density at radius 1 is 1.50 bits per heavy atom. The Bertz CT molecular complexity index is 176. The fourth-order valence-corrected chi connectivity index (χ4v) is 0.558. The van der Waals surface area contributed by atoms with E-state index in [-0.39, 0.29) is 4.90 Å². The van der Waals surface area contributed by atoms with Crippen LogP contribution in [0.25, 0.3) is 0 Å². The van der Waals surface area contributed by atoms with Gasteiger partial charge in [-0.15, -0.1) is 12.6 Å². The summed E-state index contributed by atoms with van der Waals surface area (Å²) in [6, 6.07) is 0.971. The molecule has 0 amide bonds. The molecule has 0 spiro atoms. The maximum absolute atomic E-state index is 12.0. The van der Waals surface area contributed by atoms with E-state index in [0.717, 1.165) is 6.07 Å². The van der Waals surface area contributed by atoms with Gasteiger partial charge in [0.1, 0.15) is 0 Å². The van der Waals surface area contributed by atoms with E-state index >= 15 is 0 Å². The quantitative estimate of drug-likeness (QED) is 0.502. The van der Waals surface area contributed by atoms with E-state index in [1.807, 2.05) is 0 Å². The van der Waals surface area contributed by atoms with Gasteiger partial charge in [-0.2, -0.15) is 8.78 Å². The molecule has 0 radical (unpaired) electrons. The summed E-state index contributed by atoms with van der Waals surface area (Å²) < 4.78 is 23.8. The van der Waals surface area contributed by atoms with Gasteiger partial charge in [0.15, 0.2) is 5.95 Å². The van der Waals surface area contributed by atoms with Crippen LogP contribution in [0.5, 0.6) is 0 Å². The Kier molecular flexibility index (Phi) is 1.25. The Labute approximate surface area is 50.1 Å². The summed E-state index contributed by atoms with van der Waals surface area (Å²) >= 11 is 3.57. The van der Waals surface area contributed by atoms with Gasteiger partial charge in [0.2, 0.25) is 5.95 Å². The highest BCUT2D eigenvalue weighted by Crippen LogP contribution is 2.10. The van der Waals surface area contributed by atoms with Crippen LogP contribution in [0.1, 0.15) is 0 Å². The van der Waals surface area contributed by atoms with Crippen LogP contribution < -0.4 is 0 Å². The third-order valence-corrected chi connectivity index (χ3v) is 1.04. The van der Waals surface area contributed by atoms with Gasteiger partial charge in [-0.1, -0.05) is 0 Å². The fraction of sp³-hybridized carbons (Fsp3) is 0. The molecule has 4 heteroatoms. The predicted octanol–water partition coefficient (Wildman–Crippen LogP) is 1.58. The number of hydrogen-bond acceptors (Lipinski definition) is 1. The molecule has 1 nitrogen and oxygen atoms in total. The normalized spacial score (nSPS) is 9.88. The van der Waals surface area contributed by atoms with Crippen molar-refractivity contribution in [3.63, 3.8) is 0 Å². The molecule has 8 heavy (non-hydrogen) atoms. The predicted molar refractivity (Wildman–Crippen MR) is 28.0 cm³/mol. The number of thiol groups is 1. The molecule has 0 aromatic carbocycles. The Hall–Kier alpha value is -0.510. The zero-order chi connectivity index (χ0) is 6.15. The first-order chi connectivity index (χ1) is 3.70. The van der Waals surface area contributed by atoms with Crippen molar-refractivity contribution in [1.82, 2.24) is 4.98 Å². The van der Waals surface area contributed by atoms with Crippen molar-refractivity contribution in [2.24, 2.45) is 0 Å². The minimum Gasteiger partial charge on any atom is -0.307 e. The first-order valence-corrected chi connectivity index (χ1v) is 2.38. The summed E-state index contributed by atoms with van der Waals surface area (Å²) in [4.78, 5) is 1.80. The van der Waals surface area contributed by atoms with Crippen molar-refractivity contribution in [3.05, 3.63) is 18.0 Å². The van der Waals surface area contributed by atoms with Crippen LogP contribution in [0.3, 0.4) is 0 Å². The zero-order valence-electron chi connectivity index (χ0n) is 3.78. The average molecular weight is 135 g/mol. The van der Waals surface area contributed by atoms with Gasteiger partial charge in [0.25, 0.3) is 0 Å². The van der Waals surface area contributed by atoms with E-state index in [4.69, 9.17) is 0 Å². The summed E-state index contributed by atoms with van der Waals surface area (Å²) in [6.07, 6.45) is 0. The lowest BCUT2D eigenvalue weighted by Crippen LogP contribution is -1.71. The second-order valence-electron chi connectivity index (χ2n) is 1.32. The van der Waals surface area contributed by atoms with Crippen LogP contribution in [-0.4, -0.2) is 4.98 Å². The van der Waals surface area contributed by atoms with E-state index in [2.05, 4.69) is 12.6 Å². The lowest BCUT2D eigenvalue weighted by Gasteiger charge is -1.75. The number of nitrogens with one attached hydrogen (secondary N) is 1. The van der Waals surface area contributed by atoms with Crippen LogP contribution in [0.15, 0.2) is 11.0 Å². The maximum Gasteiger partial charge on any atom is 0.206 e. The largest absolute Gasteiger partial charge is 0.307 e. The Balaban J connectivity index is 3.14. The fourth-order valence-electron chi connectivity index (χ4n) is 0.388. The molecule has 0 bridgehead atoms. The summed E-state index contributed by atoms with van der Waals surface area (Å²) in [5.41, 5.74) is 0. The highest BCUT2D eigenvalue weighted by Gasteiger charge is 2.00. The first-order valence-electron chi connectivity index (χ1n) is 1.93. The monoisotopic (exact) mass is 135 g/mol. The Morgan fingerprint density at radius 3 is 2.25 bits per heavy atom. The van der Waals surface area contributed by atoms with Gasteiger partial charge < -0.3 is 4.98 Å². The molecule has 1 heterocycles. The second kappa shape index (κ2) is 1.78. The lowest BCUT2D eigenvalue weighted by atomic mass is 10.6. The van der Waals surface area contributed by atoms with E-state index in [1.165, 1.54) is 0 Å². The molecule has 1 N–H and O–H groups in total. The lowest BCUT2D eigenvalue weighted by molar-refractivity contribution is 0.527. The van der Waals surface area contributed by atoms with Gasteiger partial charge >= 0.3 is 0 Å². The SMILES string of the molecule is Fc1cc(S)c(F)[nH]1. The number of aromatic amines is 1. The van der Waals surface area contributed by atoms with E-state index in [1.54, 1.807) is 4.98 Å². The number of halogens is 2. The third kappa shape index (κ3) is 0.838. The van der Waals surface area contributed by atoms with Crippen LogP contribution in [0, 0.1) is 11.9 Å². The van der Waals surface area contributed by atoms with Crippen molar-refractivity contribution in [1.29, 1.82) is 0 Å². The molecule has 0 atom stereocenters. The topological polar surface area (TPSA) is 15.8 Å². The molecule has 0 aliphatic rings. The summed E-state index contributed by atoms with van der Waals surface area (Å²) in [5.74, 6) is -1.43. The van der Waals surface area contributed by atoms with E-state index in [0.29, 0.717) is 0 Å². The summed E-state index contributed by atoms with van der Waals surface area (Å²) in [7, 11) is 0. The highest BCUT2D eigenvalue weighted by atomic mass is 32.1. The molecule has 1 aromatic heterocycles. The molecule has 0 saturated carbocycles. The zero-order valence-corrected chi connectivity index (χ0v) is 4.67. The number of H-pyrrole nitrogens is 1. The molecule has 1 rings (SSSR count). The summed E-state index contributed by atoms with van der Waals surface area (Å²) in [6.45, 7) is 0. The van der Waals surface area contributed by atoms with E-state index in [9.17, 15) is 8.78 Å². The van der Waals surface area contributed by atoms with Gasteiger partial charge in [0, 0.05) is 6.07 Å². The van der Waals surface area contributed by atoms with Crippen LogP contribution in [0.2, 0.25) is 0 Å². The van der Waals surface area contributed by atoms with Crippen LogP contribution in [-0.2, 0) is 0 Å². The molecule has 1 aromatic rings. The van der Waals surface area contributed by atoms with Crippen molar-refractivity contribution < 1.29 is 8.78 Å². The van der Waals surface area contributed by atoms with Crippen molar-refractivity contribution in [2.45, 2.75) is 4.90 Å². The van der Waals surface area contributed by atoms with Crippen LogP contribution in [0.4, 0.5) is 8.78 Å². The Morgan fingerprint density at radius 2 is 2.12 bits per heavy atom. The minimum atomic E-state index is -0.731. The molecular formula is C4H3F2NS. The third-order valence-electron chi connectivity index (χ3n) is 0.717. The molecular weight excluding hydrogens is 132 g/mol. The van der Waals surface area contributed by atoms with Gasteiger partial charge in [-0.25, -0.2) is 0 Å². The minimum absolute atomic E-state index is 0.00231. The van der Waals surface area contributed by atoms with Crippen LogP contribution >= 0.6 is 12.6 Å². The average Bonchev–Trinajstić information content (AvgIpc) is 1.85. The second-order valence-corrected chi connectivity index (χ2v) is 1.80. The smallest absolute Gasteiger partial charge is 0.206 e. The maximum atomic E-state index is 12.0. The van der Waals surface area contributed by atoms with Crippen molar-refractivity contribution in [2.75, 3.05) is 0 Å². The van der Waals surface area contributed by atoms with Gasteiger partial charge in [-0.3, -0.25) is 0 Å². The molecule has 0 saturated heterocycles. The molecule has 0 unspecified atom stereocenters. The van der Waals surface area contributed by atoms with E-state index < -0.39 is 11.9 Å². The standard InChI is InChI=1S/C4H3F2NS/c5-3-1-2(8)4(6)7-3/h1,7-8H.